The number of fused-ring (bicyclic) bond motifs is 1. The normalized spacial score (nSPS) is 11.0. The third kappa shape index (κ3) is 5.60. The van der Waals surface area contributed by atoms with E-state index < -0.39 is 0 Å². The third-order valence-corrected chi connectivity index (χ3v) is 6.39. The van der Waals surface area contributed by atoms with E-state index in [0.29, 0.717) is 27.5 Å². The van der Waals surface area contributed by atoms with E-state index in [1.807, 2.05) is 47.4 Å². The first-order valence-electron chi connectivity index (χ1n) is 10.3. The Morgan fingerprint density at radius 3 is 2.42 bits per heavy atom. The number of rotatable bonds is 9. The molecule has 8 heteroatoms. The van der Waals surface area contributed by atoms with Crippen molar-refractivity contribution in [2.75, 3.05) is 26.0 Å². The largest absolute Gasteiger partial charge is 0.497 e. The summed E-state index contributed by atoms with van der Waals surface area (Å²) in [5.74, 6) is 1.00. The first-order valence-corrected chi connectivity index (χ1v) is 12.3. The summed E-state index contributed by atoms with van der Waals surface area (Å²) in [7, 11) is 1.60. The molecule has 0 spiro atoms. The minimum absolute atomic E-state index is 0.0620. The van der Waals surface area contributed by atoms with Gasteiger partial charge in [-0.2, -0.15) is 0 Å². The lowest BCUT2D eigenvalue weighted by Crippen LogP contribution is -2.34. The maximum absolute atomic E-state index is 13.4. The molecule has 1 heterocycles. The van der Waals surface area contributed by atoms with E-state index >= 15 is 0 Å². The highest BCUT2D eigenvalue weighted by Crippen LogP contribution is 2.24. The molecular weight excluding hydrogens is 525 g/mol. The van der Waals surface area contributed by atoms with Gasteiger partial charge in [0, 0.05) is 16.7 Å². The van der Waals surface area contributed by atoms with E-state index in [2.05, 4.69) is 36.4 Å². The average Bonchev–Trinajstić information content (AvgIpc) is 2.78. The number of nitrogens with zero attached hydrogens (tertiary/aromatic N) is 3. The van der Waals surface area contributed by atoms with Gasteiger partial charge in [0.05, 0.1) is 29.5 Å². The number of hydrogen-bond acceptors (Lipinski definition) is 5. The second kappa shape index (κ2) is 11.0. The number of amides is 1. The Morgan fingerprint density at radius 2 is 1.81 bits per heavy atom. The zero-order valence-corrected chi connectivity index (χ0v) is 20.9. The maximum Gasteiger partial charge on any atom is 0.266 e. The van der Waals surface area contributed by atoms with Crippen molar-refractivity contribution in [3.8, 4) is 11.4 Å². The molecule has 0 saturated carbocycles. The molecule has 1 aromatic heterocycles. The number of methoxy groups -OCH3 is 1. The van der Waals surface area contributed by atoms with Crippen molar-refractivity contribution in [1.29, 1.82) is 0 Å². The monoisotopic (exact) mass is 551 g/mol. The highest BCUT2D eigenvalue weighted by atomic mass is 127. The summed E-state index contributed by atoms with van der Waals surface area (Å²) in [5.41, 5.74) is 1.17. The predicted octanol–water partition coefficient (Wildman–Crippen LogP) is 4.74. The van der Waals surface area contributed by atoms with Gasteiger partial charge >= 0.3 is 0 Å². The van der Waals surface area contributed by atoms with E-state index in [1.54, 1.807) is 11.7 Å². The number of hydrogen-bond donors (Lipinski definition) is 0. The van der Waals surface area contributed by atoms with Crippen molar-refractivity contribution in [3.63, 3.8) is 0 Å². The Morgan fingerprint density at radius 1 is 1.13 bits per heavy atom. The topological polar surface area (TPSA) is 64.4 Å². The number of thioether (sulfide) groups is 1. The second-order valence-corrected chi connectivity index (χ2v) is 9.25. The molecule has 0 saturated heterocycles. The van der Waals surface area contributed by atoms with Crippen LogP contribution in [0, 0.1) is 3.57 Å². The van der Waals surface area contributed by atoms with Crippen molar-refractivity contribution < 1.29 is 9.53 Å². The van der Waals surface area contributed by atoms with Crippen molar-refractivity contribution >= 4 is 51.2 Å². The van der Waals surface area contributed by atoms with Crippen LogP contribution in [0.5, 0.6) is 5.75 Å². The Hall–Kier alpha value is -2.07. The first-order chi connectivity index (χ1) is 15.0. The molecule has 6 nitrogen and oxygen atoms in total. The fraction of sp³-hybridized carbons (Fsp3) is 0.348. The summed E-state index contributed by atoms with van der Waals surface area (Å²) in [6, 6.07) is 12.9. The molecule has 1 amide bonds. The van der Waals surface area contributed by atoms with Crippen molar-refractivity contribution in [1.82, 2.24) is 14.5 Å². The number of benzene rings is 2. The van der Waals surface area contributed by atoms with Crippen LogP contribution in [0.4, 0.5) is 0 Å². The Labute approximate surface area is 200 Å². The predicted molar refractivity (Wildman–Crippen MR) is 134 cm³/mol. The Balaban J connectivity index is 2.03. The molecule has 0 aliphatic heterocycles. The molecule has 0 fully saturated rings. The zero-order chi connectivity index (χ0) is 22.4. The molecule has 0 aliphatic carbocycles. The molecule has 0 N–H and O–H groups in total. The molecule has 31 heavy (non-hydrogen) atoms. The molecule has 0 radical (unpaired) electrons. The molecule has 3 aromatic rings. The summed E-state index contributed by atoms with van der Waals surface area (Å²) in [6.45, 7) is 5.61. The van der Waals surface area contributed by atoms with Gasteiger partial charge in [0.15, 0.2) is 5.16 Å². The fourth-order valence-electron chi connectivity index (χ4n) is 3.31. The molecule has 2 aromatic carbocycles. The van der Waals surface area contributed by atoms with E-state index in [9.17, 15) is 9.59 Å². The Bertz CT molecular complexity index is 1110. The minimum atomic E-state index is -0.150. The smallest absolute Gasteiger partial charge is 0.266 e. The molecule has 0 atom stereocenters. The summed E-state index contributed by atoms with van der Waals surface area (Å²) in [4.78, 5) is 32.8. The summed E-state index contributed by atoms with van der Waals surface area (Å²) in [5, 5.41) is 1.06. The highest BCUT2D eigenvalue weighted by molar-refractivity contribution is 14.1. The van der Waals surface area contributed by atoms with Crippen LogP contribution in [-0.4, -0.2) is 46.3 Å². The summed E-state index contributed by atoms with van der Waals surface area (Å²) in [6.07, 6.45) is 1.83. The van der Waals surface area contributed by atoms with Gasteiger partial charge in [-0.25, -0.2) is 4.98 Å². The third-order valence-electron chi connectivity index (χ3n) is 4.79. The molecule has 0 bridgehead atoms. The second-order valence-electron chi connectivity index (χ2n) is 7.06. The van der Waals surface area contributed by atoms with Crippen LogP contribution in [0.15, 0.2) is 52.4 Å². The van der Waals surface area contributed by atoms with E-state index in [-0.39, 0.29) is 17.2 Å². The van der Waals surface area contributed by atoms with Crippen LogP contribution in [0.2, 0.25) is 0 Å². The van der Waals surface area contributed by atoms with Gasteiger partial charge in [0.25, 0.3) is 5.56 Å². The van der Waals surface area contributed by atoms with Gasteiger partial charge in [-0.15, -0.1) is 0 Å². The zero-order valence-electron chi connectivity index (χ0n) is 17.9. The van der Waals surface area contributed by atoms with Gasteiger partial charge < -0.3 is 9.64 Å². The van der Waals surface area contributed by atoms with Gasteiger partial charge in [0.1, 0.15) is 5.75 Å². The fourth-order valence-corrected chi connectivity index (χ4v) is 4.72. The van der Waals surface area contributed by atoms with E-state index in [0.717, 1.165) is 29.5 Å². The van der Waals surface area contributed by atoms with Gasteiger partial charge in [-0.1, -0.05) is 25.6 Å². The highest BCUT2D eigenvalue weighted by Gasteiger charge is 2.17. The maximum atomic E-state index is 13.4. The van der Waals surface area contributed by atoms with Crippen LogP contribution >= 0.6 is 34.4 Å². The van der Waals surface area contributed by atoms with Gasteiger partial charge in [-0.05, 0) is 77.9 Å². The standard InChI is InChI=1S/C23H26IN3O3S/c1-4-12-26(13-5-2)21(28)15-31-23-25-20-11-6-16(24)14-19(20)22(29)27(23)17-7-9-18(30-3)10-8-17/h6-11,14H,4-5,12-13,15H2,1-3H3. The minimum Gasteiger partial charge on any atom is -0.497 e. The molecule has 0 unspecified atom stereocenters. The lowest BCUT2D eigenvalue weighted by atomic mass is 10.2. The number of carbonyl (C=O) groups excluding carboxylic acids is 1. The van der Waals surface area contributed by atoms with Crippen molar-refractivity contribution in [2.24, 2.45) is 0 Å². The Kier molecular flexibility index (Phi) is 8.36. The molecule has 3 rings (SSSR count). The lowest BCUT2D eigenvalue weighted by molar-refractivity contribution is -0.128. The molecule has 0 aliphatic rings. The summed E-state index contributed by atoms with van der Waals surface area (Å²) < 4.78 is 7.79. The number of ether oxygens (including phenoxy) is 1. The number of halogens is 1. The molecular formula is C23H26IN3O3S. The number of aromatic nitrogens is 2. The van der Waals surface area contributed by atoms with Crippen molar-refractivity contribution in [2.45, 2.75) is 31.8 Å². The van der Waals surface area contributed by atoms with E-state index in [4.69, 9.17) is 9.72 Å². The SMILES string of the molecule is CCCN(CCC)C(=O)CSc1nc2ccc(I)cc2c(=O)n1-c1ccc(OC)cc1. The van der Waals surface area contributed by atoms with Crippen molar-refractivity contribution in [3.05, 3.63) is 56.4 Å². The van der Waals surface area contributed by atoms with Crippen LogP contribution in [0.3, 0.4) is 0 Å². The lowest BCUT2D eigenvalue weighted by Gasteiger charge is -2.21. The summed E-state index contributed by atoms with van der Waals surface area (Å²) >= 11 is 3.49. The van der Waals surface area contributed by atoms with Gasteiger partial charge in [-0.3, -0.25) is 14.2 Å². The quantitative estimate of drug-likeness (QED) is 0.219. The van der Waals surface area contributed by atoms with Crippen LogP contribution in [0.25, 0.3) is 16.6 Å². The van der Waals surface area contributed by atoms with Crippen LogP contribution < -0.4 is 10.3 Å². The number of carbonyl (C=O) groups is 1. The van der Waals surface area contributed by atoms with Crippen LogP contribution in [0.1, 0.15) is 26.7 Å². The van der Waals surface area contributed by atoms with E-state index in [1.165, 1.54) is 11.8 Å². The first kappa shape index (κ1) is 23.6. The average molecular weight is 551 g/mol. The molecule has 164 valence electrons. The van der Waals surface area contributed by atoms with Crippen LogP contribution in [-0.2, 0) is 4.79 Å². The van der Waals surface area contributed by atoms with Gasteiger partial charge in [0.2, 0.25) is 5.91 Å².